The molecule has 0 aliphatic carbocycles. The SMILES string of the molecule is CC(C)CCNC(=O)CN1CCN(CC(=O)Nc2ccccc2Cl)CC1. The molecule has 1 aromatic rings. The fraction of sp³-hybridized carbons (Fsp3) is 0.579. The van der Waals surface area contributed by atoms with Crippen molar-refractivity contribution >= 4 is 29.1 Å². The van der Waals surface area contributed by atoms with Crippen LogP contribution in [0.5, 0.6) is 0 Å². The summed E-state index contributed by atoms with van der Waals surface area (Å²) in [7, 11) is 0. The van der Waals surface area contributed by atoms with Crippen molar-refractivity contribution in [3.8, 4) is 0 Å². The molecule has 144 valence electrons. The van der Waals surface area contributed by atoms with E-state index in [1.165, 1.54) is 0 Å². The van der Waals surface area contributed by atoms with Crippen molar-refractivity contribution in [1.82, 2.24) is 15.1 Å². The van der Waals surface area contributed by atoms with Gasteiger partial charge in [-0.05, 0) is 24.5 Å². The summed E-state index contributed by atoms with van der Waals surface area (Å²) in [5.74, 6) is 0.601. The van der Waals surface area contributed by atoms with E-state index in [2.05, 4.69) is 34.3 Å². The minimum atomic E-state index is -0.0713. The van der Waals surface area contributed by atoms with Crippen LogP contribution >= 0.6 is 11.6 Å². The Morgan fingerprint density at radius 2 is 1.62 bits per heavy atom. The highest BCUT2D eigenvalue weighted by Crippen LogP contribution is 2.20. The number of carbonyl (C=O) groups is 2. The highest BCUT2D eigenvalue weighted by atomic mass is 35.5. The molecule has 2 rings (SSSR count). The minimum absolute atomic E-state index is 0.0713. The Balaban J connectivity index is 1.66. The first-order chi connectivity index (χ1) is 12.4. The molecule has 1 aliphatic heterocycles. The van der Waals surface area contributed by atoms with Gasteiger partial charge < -0.3 is 10.6 Å². The van der Waals surface area contributed by atoms with Crippen LogP contribution in [0, 0.1) is 5.92 Å². The summed E-state index contributed by atoms with van der Waals surface area (Å²) in [6.07, 6.45) is 1.00. The van der Waals surface area contributed by atoms with Crippen LogP contribution in [0.1, 0.15) is 20.3 Å². The lowest BCUT2D eigenvalue weighted by Crippen LogP contribution is -2.51. The van der Waals surface area contributed by atoms with Gasteiger partial charge in [-0.25, -0.2) is 0 Å². The molecule has 1 aromatic carbocycles. The van der Waals surface area contributed by atoms with Crippen molar-refractivity contribution < 1.29 is 9.59 Å². The number of nitrogens with zero attached hydrogens (tertiary/aromatic N) is 2. The van der Waals surface area contributed by atoms with Crippen LogP contribution in [0.25, 0.3) is 0 Å². The Kier molecular flexibility index (Phi) is 8.35. The molecule has 26 heavy (non-hydrogen) atoms. The van der Waals surface area contributed by atoms with Gasteiger partial charge in [0.2, 0.25) is 11.8 Å². The Morgan fingerprint density at radius 1 is 1.04 bits per heavy atom. The van der Waals surface area contributed by atoms with Gasteiger partial charge in [0.15, 0.2) is 0 Å². The third-order valence-corrected chi connectivity index (χ3v) is 4.72. The normalized spacial score (nSPS) is 15.8. The molecule has 0 atom stereocenters. The summed E-state index contributed by atoms with van der Waals surface area (Å²) >= 11 is 6.06. The number of benzene rings is 1. The standard InChI is InChI=1S/C19H29ClN4O2/c1-15(2)7-8-21-18(25)13-23-9-11-24(12-10-23)14-19(26)22-17-6-4-3-5-16(17)20/h3-6,15H,7-14H2,1-2H3,(H,21,25)(H,22,26). The number of hydrogen-bond donors (Lipinski definition) is 2. The second-order valence-corrected chi connectivity index (χ2v) is 7.52. The van der Waals surface area contributed by atoms with Crippen molar-refractivity contribution in [3.05, 3.63) is 29.3 Å². The second kappa shape index (κ2) is 10.5. The molecule has 1 heterocycles. The monoisotopic (exact) mass is 380 g/mol. The van der Waals surface area contributed by atoms with Crippen LogP contribution in [-0.2, 0) is 9.59 Å². The first kappa shape index (κ1) is 20.7. The van der Waals surface area contributed by atoms with E-state index in [1.54, 1.807) is 12.1 Å². The molecule has 0 saturated carbocycles. The quantitative estimate of drug-likeness (QED) is 0.724. The van der Waals surface area contributed by atoms with Gasteiger partial charge in [-0.3, -0.25) is 19.4 Å². The number of halogens is 1. The maximum atomic E-state index is 12.2. The maximum Gasteiger partial charge on any atom is 0.238 e. The molecule has 0 spiro atoms. The Labute approximate surface area is 160 Å². The summed E-state index contributed by atoms with van der Waals surface area (Å²) < 4.78 is 0. The summed E-state index contributed by atoms with van der Waals surface area (Å²) in [5, 5.41) is 6.35. The molecule has 1 saturated heterocycles. The van der Waals surface area contributed by atoms with Crippen LogP contribution in [0.3, 0.4) is 0 Å². The topological polar surface area (TPSA) is 64.7 Å². The number of piperazine rings is 1. The smallest absolute Gasteiger partial charge is 0.238 e. The molecule has 0 radical (unpaired) electrons. The lowest BCUT2D eigenvalue weighted by molar-refractivity contribution is -0.123. The van der Waals surface area contributed by atoms with Gasteiger partial charge in [-0.2, -0.15) is 0 Å². The van der Waals surface area contributed by atoms with E-state index in [9.17, 15) is 9.59 Å². The van der Waals surface area contributed by atoms with Crippen LogP contribution < -0.4 is 10.6 Å². The van der Waals surface area contributed by atoms with Gasteiger partial charge in [0, 0.05) is 32.7 Å². The number of rotatable bonds is 8. The third kappa shape index (κ3) is 7.32. The van der Waals surface area contributed by atoms with Gasteiger partial charge >= 0.3 is 0 Å². The Hall–Kier alpha value is -1.63. The van der Waals surface area contributed by atoms with Crippen molar-refractivity contribution in [2.75, 3.05) is 51.1 Å². The molecule has 0 bridgehead atoms. The van der Waals surface area contributed by atoms with E-state index in [4.69, 9.17) is 11.6 Å². The number of hydrogen-bond acceptors (Lipinski definition) is 4. The third-order valence-electron chi connectivity index (χ3n) is 4.39. The van der Waals surface area contributed by atoms with Crippen molar-refractivity contribution in [1.29, 1.82) is 0 Å². The van der Waals surface area contributed by atoms with Crippen molar-refractivity contribution in [3.63, 3.8) is 0 Å². The molecule has 1 fully saturated rings. The molecule has 7 heteroatoms. The molecule has 0 unspecified atom stereocenters. The van der Waals surface area contributed by atoms with E-state index in [1.807, 2.05) is 12.1 Å². The average Bonchev–Trinajstić information content (AvgIpc) is 2.58. The summed E-state index contributed by atoms with van der Waals surface area (Å²) in [5.41, 5.74) is 0.635. The van der Waals surface area contributed by atoms with Crippen LogP contribution in [0.4, 0.5) is 5.69 Å². The van der Waals surface area contributed by atoms with E-state index in [-0.39, 0.29) is 11.8 Å². The lowest BCUT2D eigenvalue weighted by atomic mass is 10.1. The molecule has 1 aliphatic rings. The molecular formula is C19H29ClN4O2. The van der Waals surface area contributed by atoms with Gasteiger partial charge in [0.1, 0.15) is 0 Å². The fourth-order valence-corrected chi connectivity index (χ4v) is 3.00. The average molecular weight is 381 g/mol. The predicted octanol–water partition coefficient (Wildman–Crippen LogP) is 2.06. The highest BCUT2D eigenvalue weighted by molar-refractivity contribution is 6.33. The summed E-state index contributed by atoms with van der Waals surface area (Å²) in [6.45, 7) is 8.91. The lowest BCUT2D eigenvalue weighted by Gasteiger charge is -2.33. The van der Waals surface area contributed by atoms with Crippen LogP contribution in [0.2, 0.25) is 5.02 Å². The predicted molar refractivity (Wildman–Crippen MR) is 105 cm³/mol. The minimum Gasteiger partial charge on any atom is -0.355 e. The van der Waals surface area contributed by atoms with Gasteiger partial charge in [-0.15, -0.1) is 0 Å². The van der Waals surface area contributed by atoms with Gasteiger partial charge in [0.05, 0.1) is 23.8 Å². The van der Waals surface area contributed by atoms with E-state index < -0.39 is 0 Å². The van der Waals surface area contributed by atoms with E-state index in [0.717, 1.165) is 39.1 Å². The van der Waals surface area contributed by atoms with Crippen LogP contribution in [0.15, 0.2) is 24.3 Å². The zero-order valence-electron chi connectivity index (χ0n) is 15.6. The zero-order valence-corrected chi connectivity index (χ0v) is 16.4. The summed E-state index contributed by atoms with van der Waals surface area (Å²) in [6, 6.07) is 7.21. The number of nitrogens with one attached hydrogen (secondary N) is 2. The maximum absolute atomic E-state index is 12.2. The number of anilines is 1. The number of para-hydroxylation sites is 1. The Morgan fingerprint density at radius 3 is 2.19 bits per heavy atom. The van der Waals surface area contributed by atoms with E-state index in [0.29, 0.717) is 29.7 Å². The van der Waals surface area contributed by atoms with Gasteiger partial charge in [-0.1, -0.05) is 37.6 Å². The number of carbonyl (C=O) groups excluding carboxylic acids is 2. The Bertz CT molecular complexity index is 601. The first-order valence-electron chi connectivity index (χ1n) is 9.20. The number of amides is 2. The zero-order chi connectivity index (χ0) is 18.9. The van der Waals surface area contributed by atoms with Crippen molar-refractivity contribution in [2.24, 2.45) is 5.92 Å². The summed E-state index contributed by atoms with van der Waals surface area (Å²) in [4.78, 5) is 28.3. The first-order valence-corrected chi connectivity index (χ1v) is 9.57. The highest BCUT2D eigenvalue weighted by Gasteiger charge is 2.20. The van der Waals surface area contributed by atoms with Crippen LogP contribution in [-0.4, -0.2) is 67.4 Å². The molecular weight excluding hydrogens is 352 g/mol. The molecule has 6 nitrogen and oxygen atoms in total. The van der Waals surface area contributed by atoms with Gasteiger partial charge in [0.25, 0.3) is 0 Å². The largest absolute Gasteiger partial charge is 0.355 e. The molecule has 0 aromatic heterocycles. The molecule has 2 N–H and O–H groups in total. The molecule has 2 amide bonds. The fourth-order valence-electron chi connectivity index (χ4n) is 2.82. The van der Waals surface area contributed by atoms with E-state index >= 15 is 0 Å². The second-order valence-electron chi connectivity index (χ2n) is 7.11. The van der Waals surface area contributed by atoms with Crippen molar-refractivity contribution in [2.45, 2.75) is 20.3 Å².